The quantitative estimate of drug-likeness (QED) is 0.289. The highest BCUT2D eigenvalue weighted by Gasteiger charge is 2.41. The Hall–Kier alpha value is -3.68. The van der Waals surface area contributed by atoms with Crippen molar-refractivity contribution in [2.45, 2.75) is 77.0 Å². The van der Waals surface area contributed by atoms with Crippen LogP contribution >= 0.6 is 0 Å². The molecule has 0 bridgehead atoms. The summed E-state index contributed by atoms with van der Waals surface area (Å²) in [6.07, 6.45) is 6.92. The van der Waals surface area contributed by atoms with Crippen LogP contribution in [-0.2, 0) is 0 Å². The average Bonchev–Trinajstić information content (AvgIpc) is 2.92. The Kier molecular flexibility index (Phi) is 8.14. The summed E-state index contributed by atoms with van der Waals surface area (Å²) in [6.45, 7) is 4.59. The van der Waals surface area contributed by atoms with Crippen molar-refractivity contribution in [1.29, 1.82) is 0 Å². The van der Waals surface area contributed by atoms with E-state index in [0.29, 0.717) is 23.0 Å². The predicted octanol–water partition coefficient (Wildman–Crippen LogP) is 6.75. The van der Waals surface area contributed by atoms with Crippen LogP contribution in [0.3, 0.4) is 0 Å². The van der Waals surface area contributed by atoms with Crippen molar-refractivity contribution in [2.75, 3.05) is 0 Å². The number of carboxylic acid groups (broad SMARTS) is 4. The fourth-order valence-electron chi connectivity index (χ4n) is 7.09. The zero-order valence-corrected chi connectivity index (χ0v) is 22.4. The van der Waals surface area contributed by atoms with Gasteiger partial charge in [0.25, 0.3) is 0 Å². The normalized spacial score (nSPS) is 23.6. The standard InChI is InChI=1S/C31H36O8/c1-31(2,21-9-3-17(4-10-21)25-15-19(27(32)33)7-13-23(25)29(36)37)22-11-5-18(6-12-22)26-16-20(28(34)35)8-14-24(26)30(38)39/h7-8,13-18,21-22H,3-6,9-12H2,1-2H3,(H,32,33)(H,34,35)(H,36,37)(H,38,39). The Balaban J connectivity index is 1.43. The van der Waals surface area contributed by atoms with Crippen molar-refractivity contribution in [1.82, 2.24) is 0 Å². The van der Waals surface area contributed by atoms with E-state index >= 15 is 0 Å². The van der Waals surface area contributed by atoms with Gasteiger partial charge in [0.1, 0.15) is 0 Å². The van der Waals surface area contributed by atoms with E-state index < -0.39 is 23.9 Å². The summed E-state index contributed by atoms with van der Waals surface area (Å²) in [6, 6.07) is 8.53. The zero-order chi connectivity index (χ0) is 28.5. The molecule has 0 aromatic heterocycles. The van der Waals surface area contributed by atoms with Crippen molar-refractivity contribution in [3.63, 3.8) is 0 Å². The molecule has 2 aliphatic carbocycles. The van der Waals surface area contributed by atoms with Crippen molar-refractivity contribution in [2.24, 2.45) is 17.3 Å². The highest BCUT2D eigenvalue weighted by Crippen LogP contribution is 2.52. The molecule has 8 nitrogen and oxygen atoms in total. The van der Waals surface area contributed by atoms with Gasteiger partial charge in [0.05, 0.1) is 22.3 Å². The highest BCUT2D eigenvalue weighted by atomic mass is 16.4. The first-order chi connectivity index (χ1) is 18.4. The molecule has 0 unspecified atom stereocenters. The minimum Gasteiger partial charge on any atom is -0.478 e. The van der Waals surface area contributed by atoms with Crippen molar-refractivity contribution >= 4 is 23.9 Å². The SMILES string of the molecule is CC(C)(C1CCC(c2cc(C(=O)O)ccc2C(=O)O)CC1)C1CCC(c2cc(C(=O)O)ccc2C(=O)O)CC1. The first kappa shape index (κ1) is 28.3. The molecule has 208 valence electrons. The Morgan fingerprint density at radius 1 is 0.564 bits per heavy atom. The van der Waals surface area contributed by atoms with Gasteiger partial charge in [-0.25, -0.2) is 19.2 Å². The Bertz CT molecular complexity index is 1180. The topological polar surface area (TPSA) is 149 Å². The predicted molar refractivity (Wildman–Crippen MR) is 144 cm³/mol. The molecule has 2 aromatic carbocycles. The molecule has 2 aromatic rings. The third-order valence-electron chi connectivity index (χ3n) is 9.50. The first-order valence-corrected chi connectivity index (χ1v) is 13.6. The van der Waals surface area contributed by atoms with Crippen LogP contribution < -0.4 is 0 Å². The average molecular weight is 537 g/mol. The van der Waals surface area contributed by atoms with Crippen LogP contribution in [0.15, 0.2) is 36.4 Å². The van der Waals surface area contributed by atoms with E-state index in [1.807, 2.05) is 0 Å². The maximum Gasteiger partial charge on any atom is 0.335 e. The fourth-order valence-corrected chi connectivity index (χ4v) is 7.09. The molecule has 0 radical (unpaired) electrons. The molecule has 0 amide bonds. The van der Waals surface area contributed by atoms with Gasteiger partial charge >= 0.3 is 23.9 Å². The summed E-state index contributed by atoms with van der Waals surface area (Å²) < 4.78 is 0. The molecule has 2 fully saturated rings. The molecular weight excluding hydrogens is 500 g/mol. The Labute approximate surface area is 227 Å². The maximum atomic E-state index is 11.8. The second kappa shape index (κ2) is 11.2. The van der Waals surface area contributed by atoms with Crippen LogP contribution in [0.2, 0.25) is 0 Å². The molecule has 8 heteroatoms. The lowest BCUT2D eigenvalue weighted by Crippen LogP contribution is -2.37. The maximum absolute atomic E-state index is 11.8. The third-order valence-corrected chi connectivity index (χ3v) is 9.50. The smallest absolute Gasteiger partial charge is 0.335 e. The number of hydrogen-bond acceptors (Lipinski definition) is 4. The molecular formula is C31H36O8. The van der Waals surface area contributed by atoms with Crippen molar-refractivity contribution < 1.29 is 39.6 Å². The largest absolute Gasteiger partial charge is 0.478 e. The molecule has 0 saturated heterocycles. The number of hydrogen-bond donors (Lipinski definition) is 4. The van der Waals surface area contributed by atoms with Crippen LogP contribution in [-0.4, -0.2) is 44.3 Å². The monoisotopic (exact) mass is 536 g/mol. The summed E-state index contributed by atoms with van der Waals surface area (Å²) in [7, 11) is 0. The van der Waals surface area contributed by atoms with Crippen LogP contribution in [0.4, 0.5) is 0 Å². The van der Waals surface area contributed by atoms with Gasteiger partial charge in [-0.2, -0.15) is 0 Å². The van der Waals surface area contributed by atoms with Crippen LogP contribution in [0.25, 0.3) is 0 Å². The van der Waals surface area contributed by atoms with Gasteiger partial charge in [0.15, 0.2) is 0 Å². The van der Waals surface area contributed by atoms with Gasteiger partial charge in [-0.05, 0) is 128 Å². The molecule has 0 heterocycles. The van der Waals surface area contributed by atoms with E-state index in [1.54, 1.807) is 0 Å². The van der Waals surface area contributed by atoms with Gasteiger partial charge in [-0.3, -0.25) is 0 Å². The Morgan fingerprint density at radius 2 is 0.897 bits per heavy atom. The van der Waals surface area contributed by atoms with Gasteiger partial charge in [-0.1, -0.05) is 13.8 Å². The van der Waals surface area contributed by atoms with Crippen LogP contribution in [0, 0.1) is 17.3 Å². The third kappa shape index (κ3) is 5.84. The molecule has 0 aliphatic heterocycles. The molecule has 0 spiro atoms. The molecule has 2 aliphatic rings. The number of carboxylic acids is 4. The lowest BCUT2D eigenvalue weighted by atomic mass is 9.58. The summed E-state index contributed by atoms with van der Waals surface area (Å²) in [4.78, 5) is 46.6. The molecule has 2 saturated carbocycles. The molecule has 39 heavy (non-hydrogen) atoms. The number of rotatable bonds is 8. The summed E-state index contributed by atoms with van der Waals surface area (Å²) in [5.41, 5.74) is 1.81. The minimum absolute atomic E-state index is 0.00846. The lowest BCUT2D eigenvalue weighted by Gasteiger charge is -2.47. The van der Waals surface area contributed by atoms with Gasteiger partial charge in [0, 0.05) is 0 Å². The minimum atomic E-state index is -1.07. The number of aromatic carboxylic acids is 4. The summed E-state index contributed by atoms with van der Waals surface area (Å²) in [5.74, 6) is -3.31. The zero-order valence-electron chi connectivity index (χ0n) is 22.4. The Morgan fingerprint density at radius 3 is 1.18 bits per heavy atom. The highest BCUT2D eigenvalue weighted by molar-refractivity contribution is 5.94. The molecule has 4 rings (SSSR count). The van der Waals surface area contributed by atoms with Crippen molar-refractivity contribution in [3.8, 4) is 0 Å². The first-order valence-electron chi connectivity index (χ1n) is 13.6. The van der Waals surface area contributed by atoms with Crippen LogP contribution in [0.5, 0.6) is 0 Å². The van der Waals surface area contributed by atoms with E-state index in [9.17, 15) is 39.6 Å². The second-order valence-corrected chi connectivity index (χ2v) is 11.7. The van der Waals surface area contributed by atoms with E-state index in [1.165, 1.54) is 36.4 Å². The fraction of sp³-hybridized carbons (Fsp3) is 0.484. The van der Waals surface area contributed by atoms with Gasteiger partial charge < -0.3 is 20.4 Å². The van der Waals surface area contributed by atoms with Crippen LogP contribution in [0.1, 0.15) is 130 Å². The van der Waals surface area contributed by atoms with Gasteiger partial charge in [0.2, 0.25) is 0 Å². The van der Waals surface area contributed by atoms with E-state index in [2.05, 4.69) is 13.8 Å². The van der Waals surface area contributed by atoms with E-state index in [0.717, 1.165) is 51.4 Å². The van der Waals surface area contributed by atoms with Gasteiger partial charge in [-0.15, -0.1) is 0 Å². The summed E-state index contributed by atoms with van der Waals surface area (Å²) >= 11 is 0. The number of benzene rings is 2. The lowest BCUT2D eigenvalue weighted by molar-refractivity contribution is 0.0506. The van der Waals surface area contributed by atoms with E-state index in [4.69, 9.17) is 0 Å². The van der Waals surface area contributed by atoms with Crippen molar-refractivity contribution in [3.05, 3.63) is 69.8 Å². The summed E-state index contributed by atoms with van der Waals surface area (Å²) in [5, 5.41) is 38.1. The molecule has 0 atom stereocenters. The second-order valence-electron chi connectivity index (χ2n) is 11.7. The van der Waals surface area contributed by atoms with E-state index in [-0.39, 0.29) is 39.5 Å². The molecule has 4 N–H and O–H groups in total. The number of carbonyl (C=O) groups is 4.